The Balaban J connectivity index is 1.43. The summed E-state index contributed by atoms with van der Waals surface area (Å²) in [7, 11) is 0. The first-order chi connectivity index (χ1) is 14.1. The monoisotopic (exact) mass is 388 g/mol. The molecule has 29 heavy (non-hydrogen) atoms. The third-order valence-electron chi connectivity index (χ3n) is 4.87. The number of amides is 1. The summed E-state index contributed by atoms with van der Waals surface area (Å²) in [5.41, 5.74) is 1.83. The molecule has 0 saturated carbocycles. The first kappa shape index (κ1) is 18.6. The number of carbonyl (C=O) groups excluding carboxylic acids is 1. The van der Waals surface area contributed by atoms with Crippen molar-refractivity contribution in [1.29, 1.82) is 5.26 Å². The summed E-state index contributed by atoms with van der Waals surface area (Å²) in [4.78, 5) is 23.5. The van der Waals surface area contributed by atoms with Gasteiger partial charge in [0, 0.05) is 43.4 Å². The lowest BCUT2D eigenvalue weighted by atomic mass is 10.0. The number of benzene rings is 1. The number of hydrogen-bond acceptors (Lipinski definition) is 7. The maximum atomic E-state index is 12.8. The predicted molar refractivity (Wildman–Crippen MR) is 106 cm³/mol. The minimum absolute atomic E-state index is 0.0183. The summed E-state index contributed by atoms with van der Waals surface area (Å²) in [6.07, 6.45) is 3.43. The molecule has 0 radical (unpaired) electrons. The van der Waals surface area contributed by atoms with Gasteiger partial charge in [-0.3, -0.25) is 4.79 Å². The van der Waals surface area contributed by atoms with E-state index in [9.17, 15) is 4.79 Å². The molecule has 3 heterocycles. The Kier molecular flexibility index (Phi) is 5.20. The van der Waals surface area contributed by atoms with Crippen molar-refractivity contribution < 1.29 is 9.32 Å². The fourth-order valence-corrected chi connectivity index (χ4v) is 3.43. The quantitative estimate of drug-likeness (QED) is 0.732. The van der Waals surface area contributed by atoms with E-state index < -0.39 is 0 Å². The third-order valence-corrected chi connectivity index (χ3v) is 4.87. The topological polar surface area (TPSA) is 108 Å². The first-order valence-electron chi connectivity index (χ1n) is 9.45. The van der Waals surface area contributed by atoms with Gasteiger partial charge in [0.25, 0.3) is 5.91 Å². The van der Waals surface area contributed by atoms with Crippen LogP contribution >= 0.6 is 0 Å². The Hall–Kier alpha value is -3.73. The second-order valence-electron chi connectivity index (χ2n) is 6.99. The molecule has 4 rings (SSSR count). The van der Waals surface area contributed by atoms with Crippen molar-refractivity contribution in [3.63, 3.8) is 0 Å². The zero-order valence-corrected chi connectivity index (χ0v) is 16.0. The van der Waals surface area contributed by atoms with E-state index in [2.05, 4.69) is 31.4 Å². The average molecular weight is 388 g/mol. The molecular formula is C21H20N6O2. The van der Waals surface area contributed by atoms with Crippen molar-refractivity contribution in [2.45, 2.75) is 25.8 Å². The molecule has 1 aliphatic rings. The molecule has 2 aromatic heterocycles. The second-order valence-corrected chi connectivity index (χ2v) is 6.99. The minimum Gasteiger partial charge on any atom is -0.355 e. The Labute approximate surface area is 168 Å². The molecular weight excluding hydrogens is 368 g/mol. The van der Waals surface area contributed by atoms with E-state index in [-0.39, 0.29) is 11.9 Å². The second kappa shape index (κ2) is 8.10. The van der Waals surface area contributed by atoms with Gasteiger partial charge in [0.2, 0.25) is 11.7 Å². The van der Waals surface area contributed by atoms with Crippen LogP contribution in [-0.4, -0.2) is 40.2 Å². The normalized spacial score (nSPS) is 16.3. The molecule has 1 amide bonds. The summed E-state index contributed by atoms with van der Waals surface area (Å²) in [5.74, 6) is 1.63. The highest BCUT2D eigenvalue weighted by molar-refractivity contribution is 5.95. The third kappa shape index (κ3) is 4.24. The largest absolute Gasteiger partial charge is 0.355 e. The maximum Gasteiger partial charge on any atom is 0.251 e. The van der Waals surface area contributed by atoms with Crippen LogP contribution in [0, 0.1) is 18.3 Å². The van der Waals surface area contributed by atoms with Gasteiger partial charge in [0.15, 0.2) is 0 Å². The van der Waals surface area contributed by atoms with Gasteiger partial charge < -0.3 is 14.7 Å². The van der Waals surface area contributed by atoms with Crippen molar-refractivity contribution in [3.8, 4) is 17.5 Å². The summed E-state index contributed by atoms with van der Waals surface area (Å²) in [5, 5.41) is 15.9. The van der Waals surface area contributed by atoms with Crippen LogP contribution in [0.4, 0.5) is 5.82 Å². The van der Waals surface area contributed by atoms with Gasteiger partial charge in [0.1, 0.15) is 11.9 Å². The van der Waals surface area contributed by atoms with Crippen LogP contribution in [-0.2, 0) is 0 Å². The van der Waals surface area contributed by atoms with E-state index in [0.717, 1.165) is 30.8 Å². The van der Waals surface area contributed by atoms with Crippen LogP contribution in [0.5, 0.6) is 0 Å². The Morgan fingerprint density at radius 1 is 1.34 bits per heavy atom. The number of nitrogens with zero attached hydrogens (tertiary/aromatic N) is 5. The van der Waals surface area contributed by atoms with E-state index in [0.29, 0.717) is 29.4 Å². The van der Waals surface area contributed by atoms with Crippen LogP contribution in [0.2, 0.25) is 0 Å². The van der Waals surface area contributed by atoms with Gasteiger partial charge in [-0.15, -0.1) is 0 Å². The molecule has 8 nitrogen and oxygen atoms in total. The molecule has 146 valence electrons. The smallest absolute Gasteiger partial charge is 0.251 e. The molecule has 0 spiro atoms. The number of nitriles is 1. The SMILES string of the molecule is Cc1nc(-c2cccc(C(=O)NC3CCCN(c4ccc(C#N)cn4)C3)c2)no1. The molecule has 1 unspecified atom stereocenters. The number of piperidine rings is 1. The van der Waals surface area contributed by atoms with E-state index in [1.807, 2.05) is 18.2 Å². The van der Waals surface area contributed by atoms with Crippen molar-refractivity contribution in [3.05, 3.63) is 59.6 Å². The Morgan fingerprint density at radius 2 is 2.24 bits per heavy atom. The van der Waals surface area contributed by atoms with Crippen molar-refractivity contribution in [2.24, 2.45) is 0 Å². The number of rotatable bonds is 4. The average Bonchev–Trinajstić information content (AvgIpc) is 3.20. The van der Waals surface area contributed by atoms with Crippen LogP contribution < -0.4 is 10.2 Å². The minimum atomic E-state index is -0.133. The van der Waals surface area contributed by atoms with Gasteiger partial charge >= 0.3 is 0 Å². The summed E-state index contributed by atoms with van der Waals surface area (Å²) < 4.78 is 5.02. The molecule has 3 aromatic rings. The molecule has 1 atom stereocenters. The van der Waals surface area contributed by atoms with Gasteiger partial charge in [0.05, 0.1) is 5.56 Å². The number of pyridine rings is 1. The van der Waals surface area contributed by atoms with Gasteiger partial charge in [-0.05, 0) is 37.1 Å². The molecule has 8 heteroatoms. The number of anilines is 1. The molecule has 1 aliphatic heterocycles. The molecule has 1 N–H and O–H groups in total. The number of aromatic nitrogens is 3. The van der Waals surface area contributed by atoms with Gasteiger partial charge in [-0.2, -0.15) is 10.2 Å². The number of nitrogens with one attached hydrogen (secondary N) is 1. The number of aryl methyl sites for hydroxylation is 1. The molecule has 1 fully saturated rings. The van der Waals surface area contributed by atoms with Crippen LogP contribution in [0.25, 0.3) is 11.4 Å². The Morgan fingerprint density at radius 3 is 2.97 bits per heavy atom. The fraction of sp³-hybridized carbons (Fsp3) is 0.286. The van der Waals surface area contributed by atoms with Gasteiger partial charge in [-0.1, -0.05) is 17.3 Å². The lowest BCUT2D eigenvalue weighted by Gasteiger charge is -2.34. The van der Waals surface area contributed by atoms with Crippen LogP contribution in [0.3, 0.4) is 0 Å². The molecule has 1 aromatic carbocycles. The van der Waals surface area contributed by atoms with Crippen molar-refractivity contribution in [2.75, 3.05) is 18.0 Å². The van der Waals surface area contributed by atoms with Crippen molar-refractivity contribution >= 4 is 11.7 Å². The van der Waals surface area contributed by atoms with E-state index in [1.54, 1.807) is 31.3 Å². The molecule has 0 aliphatic carbocycles. The highest BCUT2D eigenvalue weighted by atomic mass is 16.5. The zero-order valence-electron chi connectivity index (χ0n) is 16.0. The van der Waals surface area contributed by atoms with E-state index >= 15 is 0 Å². The number of hydrogen-bond donors (Lipinski definition) is 1. The summed E-state index contributed by atoms with van der Waals surface area (Å²) in [6, 6.07) is 12.9. The summed E-state index contributed by atoms with van der Waals surface area (Å²) >= 11 is 0. The van der Waals surface area contributed by atoms with Crippen molar-refractivity contribution in [1.82, 2.24) is 20.4 Å². The van der Waals surface area contributed by atoms with Gasteiger partial charge in [-0.25, -0.2) is 4.98 Å². The number of carbonyl (C=O) groups is 1. The first-order valence-corrected chi connectivity index (χ1v) is 9.45. The maximum absolute atomic E-state index is 12.8. The highest BCUT2D eigenvalue weighted by Crippen LogP contribution is 2.20. The summed E-state index contributed by atoms with van der Waals surface area (Å²) in [6.45, 7) is 3.27. The van der Waals surface area contributed by atoms with Crippen LogP contribution in [0.1, 0.15) is 34.7 Å². The fourth-order valence-electron chi connectivity index (χ4n) is 3.43. The Bertz CT molecular complexity index is 1050. The van der Waals surface area contributed by atoms with E-state index in [1.165, 1.54) is 0 Å². The zero-order chi connectivity index (χ0) is 20.2. The van der Waals surface area contributed by atoms with E-state index in [4.69, 9.17) is 9.78 Å². The predicted octanol–water partition coefficient (Wildman–Crippen LogP) is 2.71. The lowest BCUT2D eigenvalue weighted by molar-refractivity contribution is 0.0933. The molecule has 0 bridgehead atoms. The van der Waals surface area contributed by atoms with Crippen LogP contribution in [0.15, 0.2) is 47.1 Å². The molecule has 1 saturated heterocycles. The highest BCUT2D eigenvalue weighted by Gasteiger charge is 2.23. The lowest BCUT2D eigenvalue weighted by Crippen LogP contribution is -2.48. The standard InChI is InChI=1S/C21H20N6O2/c1-14-24-20(26-29-14)16-4-2-5-17(10-16)21(28)25-18-6-3-9-27(13-18)19-8-7-15(11-22)12-23-19/h2,4-5,7-8,10,12,18H,3,6,9,13H2,1H3,(H,25,28).